The third-order valence-electron chi connectivity index (χ3n) is 6.67. The topological polar surface area (TPSA) is 59.1 Å². The number of halogens is 2. The predicted molar refractivity (Wildman–Crippen MR) is 167 cm³/mol. The average Bonchev–Trinajstić information content (AvgIpc) is 3.01. The largest absolute Gasteiger partial charge is 0.479 e. The quantitative estimate of drug-likeness (QED) is 0.161. The Bertz CT molecular complexity index is 1340. The van der Waals surface area contributed by atoms with Gasteiger partial charge in [-0.1, -0.05) is 108 Å². The average molecular weight is 606 g/mol. The molecule has 8 heteroatoms. The number of carbonyl (C=O) groups is 2. The molecule has 0 spiro atoms. The molecular formula is C34H34Cl2N2O4. The van der Waals surface area contributed by atoms with Crippen LogP contribution in [0.25, 0.3) is 0 Å². The van der Waals surface area contributed by atoms with Crippen LogP contribution >= 0.6 is 23.2 Å². The van der Waals surface area contributed by atoms with Crippen molar-refractivity contribution in [2.75, 3.05) is 13.1 Å². The molecule has 0 bridgehead atoms. The number of para-hydroxylation sites is 2. The van der Waals surface area contributed by atoms with Crippen molar-refractivity contribution >= 4 is 35.0 Å². The Kier molecular flexibility index (Phi) is 11.3. The Balaban J connectivity index is 1.53. The van der Waals surface area contributed by atoms with Gasteiger partial charge in [0.15, 0.2) is 12.2 Å². The van der Waals surface area contributed by atoms with E-state index in [1.165, 1.54) is 0 Å². The number of hydrogen-bond donors (Lipinski definition) is 0. The molecule has 2 unspecified atom stereocenters. The predicted octanol–water partition coefficient (Wildman–Crippen LogP) is 7.29. The van der Waals surface area contributed by atoms with Gasteiger partial charge in [-0.05, 0) is 49.2 Å². The van der Waals surface area contributed by atoms with Gasteiger partial charge in [0, 0.05) is 26.2 Å². The van der Waals surface area contributed by atoms with Crippen LogP contribution in [-0.4, -0.2) is 46.9 Å². The number of carbonyl (C=O) groups excluding carboxylic acids is 2. The first-order valence-corrected chi connectivity index (χ1v) is 14.5. The first kappa shape index (κ1) is 30.9. The highest BCUT2D eigenvalue weighted by Crippen LogP contribution is 2.26. The van der Waals surface area contributed by atoms with Crippen LogP contribution in [0.15, 0.2) is 109 Å². The molecule has 42 heavy (non-hydrogen) atoms. The number of benzene rings is 4. The summed E-state index contributed by atoms with van der Waals surface area (Å²) in [4.78, 5) is 30.9. The second-order valence-corrected chi connectivity index (χ2v) is 10.7. The van der Waals surface area contributed by atoms with E-state index in [1.54, 1.807) is 72.2 Å². The molecule has 0 aliphatic carbocycles. The molecule has 0 heterocycles. The zero-order chi connectivity index (χ0) is 29.9. The van der Waals surface area contributed by atoms with Gasteiger partial charge in [-0.25, -0.2) is 0 Å². The molecule has 4 aromatic carbocycles. The lowest BCUT2D eigenvalue weighted by Crippen LogP contribution is -2.47. The Hall–Kier alpha value is -4.00. The second-order valence-electron chi connectivity index (χ2n) is 9.87. The van der Waals surface area contributed by atoms with Crippen LogP contribution < -0.4 is 9.47 Å². The molecule has 4 rings (SSSR count). The zero-order valence-electron chi connectivity index (χ0n) is 23.7. The lowest BCUT2D eigenvalue weighted by atomic mass is 10.2. The smallest absolute Gasteiger partial charge is 0.263 e. The molecule has 0 aromatic heterocycles. The van der Waals surface area contributed by atoms with E-state index in [4.69, 9.17) is 32.7 Å². The van der Waals surface area contributed by atoms with Crippen molar-refractivity contribution in [2.45, 2.75) is 39.1 Å². The number of rotatable bonds is 13. The molecule has 0 radical (unpaired) electrons. The summed E-state index contributed by atoms with van der Waals surface area (Å²) >= 11 is 12.6. The van der Waals surface area contributed by atoms with Gasteiger partial charge in [0.25, 0.3) is 11.8 Å². The summed E-state index contributed by atoms with van der Waals surface area (Å²) in [7, 11) is 0. The summed E-state index contributed by atoms with van der Waals surface area (Å²) in [5.41, 5.74) is 1.93. The lowest BCUT2D eigenvalue weighted by Gasteiger charge is -2.31. The van der Waals surface area contributed by atoms with Gasteiger partial charge >= 0.3 is 0 Å². The zero-order valence-corrected chi connectivity index (χ0v) is 25.2. The summed E-state index contributed by atoms with van der Waals surface area (Å²) in [5, 5.41) is 0.859. The standard InChI is InChI=1S/C34H34Cl2N2O4/c1-25(41-31-19-11-9-17-29(31)35)33(39)37(23-27-13-5-3-6-14-27)21-22-38(24-28-15-7-4-8-16-28)34(40)26(2)42-32-20-12-10-18-30(32)36/h3-20,25-26H,21-24H2,1-2H3. The first-order chi connectivity index (χ1) is 20.3. The van der Waals surface area contributed by atoms with Gasteiger partial charge in [-0.2, -0.15) is 0 Å². The minimum atomic E-state index is -0.797. The fourth-order valence-corrected chi connectivity index (χ4v) is 4.82. The van der Waals surface area contributed by atoms with Crippen LogP contribution in [0, 0.1) is 0 Å². The molecule has 6 nitrogen and oxygen atoms in total. The van der Waals surface area contributed by atoms with Crippen LogP contribution in [0.1, 0.15) is 25.0 Å². The highest BCUT2D eigenvalue weighted by Gasteiger charge is 2.27. The van der Waals surface area contributed by atoms with Crippen molar-refractivity contribution in [3.8, 4) is 11.5 Å². The maximum Gasteiger partial charge on any atom is 0.263 e. The van der Waals surface area contributed by atoms with Crippen molar-refractivity contribution in [1.29, 1.82) is 0 Å². The van der Waals surface area contributed by atoms with E-state index >= 15 is 0 Å². The molecule has 0 fully saturated rings. The minimum Gasteiger partial charge on any atom is -0.479 e. The van der Waals surface area contributed by atoms with Gasteiger partial charge in [-0.3, -0.25) is 9.59 Å². The van der Waals surface area contributed by atoms with Gasteiger partial charge in [0.05, 0.1) is 10.0 Å². The van der Waals surface area contributed by atoms with E-state index in [0.717, 1.165) is 11.1 Å². The fourth-order valence-electron chi connectivity index (χ4n) is 4.46. The van der Waals surface area contributed by atoms with E-state index in [0.29, 0.717) is 34.6 Å². The third-order valence-corrected chi connectivity index (χ3v) is 7.30. The number of hydrogen-bond acceptors (Lipinski definition) is 4. The molecular weight excluding hydrogens is 571 g/mol. The molecule has 2 atom stereocenters. The molecule has 218 valence electrons. The van der Waals surface area contributed by atoms with Crippen LogP contribution in [0.4, 0.5) is 0 Å². The summed E-state index contributed by atoms with van der Waals surface area (Å²) in [6.07, 6.45) is -1.59. The summed E-state index contributed by atoms with van der Waals surface area (Å²) in [6.45, 7) is 4.68. The molecule has 4 aromatic rings. The Morgan fingerprint density at radius 3 is 1.26 bits per heavy atom. The minimum absolute atomic E-state index is 0.216. The Morgan fingerprint density at radius 1 is 0.571 bits per heavy atom. The van der Waals surface area contributed by atoms with Crippen molar-refractivity contribution in [1.82, 2.24) is 9.80 Å². The van der Waals surface area contributed by atoms with E-state index in [9.17, 15) is 9.59 Å². The highest BCUT2D eigenvalue weighted by molar-refractivity contribution is 6.32. The van der Waals surface area contributed by atoms with Gasteiger partial charge in [0.1, 0.15) is 11.5 Å². The highest BCUT2D eigenvalue weighted by atomic mass is 35.5. The molecule has 0 aliphatic rings. The maximum atomic E-state index is 13.7. The van der Waals surface area contributed by atoms with Crippen LogP contribution in [0.2, 0.25) is 10.0 Å². The van der Waals surface area contributed by atoms with E-state index in [2.05, 4.69) is 0 Å². The number of ether oxygens (including phenoxy) is 2. The number of nitrogens with zero attached hydrogens (tertiary/aromatic N) is 2. The summed E-state index contributed by atoms with van der Waals surface area (Å²) in [5.74, 6) is 0.440. The van der Waals surface area contributed by atoms with Crippen molar-refractivity contribution in [3.63, 3.8) is 0 Å². The summed E-state index contributed by atoms with van der Waals surface area (Å²) in [6, 6.07) is 33.6. The van der Waals surface area contributed by atoms with Crippen LogP contribution in [0.5, 0.6) is 11.5 Å². The van der Waals surface area contributed by atoms with Crippen molar-refractivity contribution in [3.05, 3.63) is 130 Å². The normalized spacial score (nSPS) is 12.2. The second kappa shape index (κ2) is 15.3. The fraction of sp³-hybridized carbons (Fsp3) is 0.235. The van der Waals surface area contributed by atoms with E-state index in [1.807, 2.05) is 60.7 Å². The van der Waals surface area contributed by atoms with E-state index in [-0.39, 0.29) is 24.9 Å². The Labute approximate surface area is 257 Å². The van der Waals surface area contributed by atoms with E-state index < -0.39 is 12.2 Å². The molecule has 0 saturated carbocycles. The first-order valence-electron chi connectivity index (χ1n) is 13.8. The lowest BCUT2D eigenvalue weighted by molar-refractivity contribution is -0.142. The monoisotopic (exact) mass is 604 g/mol. The van der Waals surface area contributed by atoms with Crippen LogP contribution in [-0.2, 0) is 22.7 Å². The van der Waals surface area contributed by atoms with Gasteiger partial charge in [0.2, 0.25) is 0 Å². The third kappa shape index (κ3) is 8.75. The van der Waals surface area contributed by atoms with Gasteiger partial charge in [-0.15, -0.1) is 0 Å². The Morgan fingerprint density at radius 2 is 0.905 bits per heavy atom. The van der Waals surface area contributed by atoms with Crippen molar-refractivity contribution in [2.24, 2.45) is 0 Å². The molecule has 0 N–H and O–H groups in total. The summed E-state index contributed by atoms with van der Waals surface area (Å²) < 4.78 is 11.9. The maximum absolute atomic E-state index is 13.7. The molecule has 0 saturated heterocycles. The number of amides is 2. The van der Waals surface area contributed by atoms with Crippen molar-refractivity contribution < 1.29 is 19.1 Å². The van der Waals surface area contributed by atoms with Crippen LogP contribution in [0.3, 0.4) is 0 Å². The van der Waals surface area contributed by atoms with Gasteiger partial charge < -0.3 is 19.3 Å². The SMILES string of the molecule is CC(Oc1ccccc1Cl)C(=O)N(CCN(Cc1ccccc1)C(=O)C(C)Oc1ccccc1Cl)Cc1ccccc1. The molecule has 0 aliphatic heterocycles. The molecule has 2 amide bonds.